The van der Waals surface area contributed by atoms with Crippen LogP contribution in [0.25, 0.3) is 10.8 Å². The summed E-state index contributed by atoms with van der Waals surface area (Å²) < 4.78 is 19.2. The monoisotopic (exact) mass is 286 g/mol. The van der Waals surface area contributed by atoms with Gasteiger partial charge in [0.15, 0.2) is 0 Å². The fourth-order valence-electron chi connectivity index (χ4n) is 2.11. The second kappa shape index (κ2) is 5.51. The highest BCUT2D eigenvalue weighted by atomic mass is 35.5. The molecule has 0 bridgehead atoms. The molecule has 0 unspecified atom stereocenters. The van der Waals surface area contributed by atoms with Gasteiger partial charge in [-0.05, 0) is 29.1 Å². The first-order chi connectivity index (χ1) is 9.74. The molecule has 0 saturated carbocycles. The quantitative estimate of drug-likeness (QED) is 0.642. The van der Waals surface area contributed by atoms with Crippen LogP contribution in [0.5, 0.6) is 5.75 Å². The summed E-state index contributed by atoms with van der Waals surface area (Å²) in [6, 6.07) is 18.6. The van der Waals surface area contributed by atoms with Crippen LogP contribution in [-0.4, -0.2) is 0 Å². The van der Waals surface area contributed by atoms with E-state index in [1.54, 1.807) is 12.1 Å². The Bertz CT molecular complexity index is 750. The average Bonchev–Trinajstić information content (AvgIpc) is 2.48. The zero-order chi connectivity index (χ0) is 13.9. The second-order valence-corrected chi connectivity index (χ2v) is 4.92. The maximum atomic E-state index is 13.4. The summed E-state index contributed by atoms with van der Waals surface area (Å²) >= 11 is 5.66. The lowest BCUT2D eigenvalue weighted by Gasteiger charge is -2.09. The van der Waals surface area contributed by atoms with Crippen LogP contribution in [0.15, 0.2) is 60.7 Å². The summed E-state index contributed by atoms with van der Waals surface area (Å²) in [6.45, 7) is 0.308. The first-order valence-corrected chi connectivity index (χ1v) is 6.66. The molecule has 0 radical (unpaired) electrons. The fraction of sp³-hybridized carbons (Fsp3) is 0.0588. The number of hydrogen-bond donors (Lipinski definition) is 0. The van der Waals surface area contributed by atoms with Crippen LogP contribution in [0, 0.1) is 5.82 Å². The molecule has 3 rings (SSSR count). The van der Waals surface area contributed by atoms with Crippen molar-refractivity contribution in [2.45, 2.75) is 6.61 Å². The first-order valence-electron chi connectivity index (χ1n) is 6.28. The van der Waals surface area contributed by atoms with E-state index < -0.39 is 5.82 Å². The molecule has 100 valence electrons. The molecule has 0 aliphatic rings. The molecular weight excluding hydrogens is 275 g/mol. The minimum atomic E-state index is -0.425. The van der Waals surface area contributed by atoms with Crippen molar-refractivity contribution in [1.29, 1.82) is 0 Å². The van der Waals surface area contributed by atoms with Crippen LogP contribution in [0.1, 0.15) is 5.56 Å². The van der Waals surface area contributed by atoms with Crippen molar-refractivity contribution in [2.24, 2.45) is 0 Å². The third-order valence-electron chi connectivity index (χ3n) is 3.13. The van der Waals surface area contributed by atoms with Gasteiger partial charge in [0, 0.05) is 5.39 Å². The topological polar surface area (TPSA) is 9.23 Å². The minimum absolute atomic E-state index is 0.124. The van der Waals surface area contributed by atoms with Crippen molar-refractivity contribution >= 4 is 22.4 Å². The van der Waals surface area contributed by atoms with Crippen LogP contribution < -0.4 is 4.74 Å². The standard InChI is InChI=1S/C17H12ClFO/c18-15-9-8-12(10-16(15)19)11-20-17-7-3-5-13-4-1-2-6-14(13)17/h1-10H,11H2. The Balaban J connectivity index is 1.85. The van der Waals surface area contributed by atoms with E-state index in [0.29, 0.717) is 6.61 Å². The summed E-state index contributed by atoms with van der Waals surface area (Å²) in [5.74, 6) is 0.365. The molecule has 0 aromatic heterocycles. The highest BCUT2D eigenvalue weighted by molar-refractivity contribution is 6.30. The molecule has 3 aromatic rings. The van der Waals surface area contributed by atoms with Gasteiger partial charge in [0.2, 0.25) is 0 Å². The molecule has 0 N–H and O–H groups in total. The Morgan fingerprint density at radius 1 is 0.950 bits per heavy atom. The Morgan fingerprint density at radius 2 is 1.75 bits per heavy atom. The van der Waals surface area contributed by atoms with Crippen LogP contribution in [-0.2, 0) is 6.61 Å². The largest absolute Gasteiger partial charge is 0.488 e. The van der Waals surface area contributed by atoms with Crippen molar-refractivity contribution in [2.75, 3.05) is 0 Å². The minimum Gasteiger partial charge on any atom is -0.488 e. The van der Waals surface area contributed by atoms with Crippen LogP contribution in [0.2, 0.25) is 5.02 Å². The zero-order valence-corrected chi connectivity index (χ0v) is 11.4. The summed E-state index contributed by atoms with van der Waals surface area (Å²) in [4.78, 5) is 0. The van der Waals surface area contributed by atoms with Gasteiger partial charge in [-0.15, -0.1) is 0 Å². The normalized spacial score (nSPS) is 10.7. The van der Waals surface area contributed by atoms with E-state index in [9.17, 15) is 4.39 Å². The Morgan fingerprint density at radius 3 is 2.60 bits per heavy atom. The van der Waals surface area contributed by atoms with Crippen LogP contribution in [0.3, 0.4) is 0 Å². The zero-order valence-electron chi connectivity index (χ0n) is 10.6. The Hall–Kier alpha value is -2.06. The van der Waals surface area contributed by atoms with Gasteiger partial charge in [0.25, 0.3) is 0 Å². The molecule has 0 amide bonds. The van der Waals surface area contributed by atoms with Crippen molar-refractivity contribution in [3.8, 4) is 5.75 Å². The second-order valence-electron chi connectivity index (χ2n) is 4.51. The smallest absolute Gasteiger partial charge is 0.142 e. The van der Waals surface area contributed by atoms with Gasteiger partial charge < -0.3 is 4.74 Å². The van der Waals surface area contributed by atoms with E-state index in [1.165, 1.54) is 6.07 Å². The molecule has 0 aliphatic heterocycles. The molecule has 0 heterocycles. The van der Waals surface area contributed by atoms with Gasteiger partial charge in [0.05, 0.1) is 5.02 Å². The van der Waals surface area contributed by atoms with E-state index in [1.807, 2.05) is 42.5 Å². The molecule has 0 aliphatic carbocycles. The highest BCUT2D eigenvalue weighted by Gasteiger charge is 2.04. The lowest BCUT2D eigenvalue weighted by molar-refractivity contribution is 0.309. The maximum Gasteiger partial charge on any atom is 0.142 e. The van der Waals surface area contributed by atoms with E-state index in [0.717, 1.165) is 22.1 Å². The first kappa shape index (κ1) is 12.9. The predicted molar refractivity (Wildman–Crippen MR) is 79.7 cm³/mol. The molecule has 20 heavy (non-hydrogen) atoms. The molecule has 0 fully saturated rings. The van der Waals surface area contributed by atoms with E-state index in [-0.39, 0.29) is 5.02 Å². The van der Waals surface area contributed by atoms with Gasteiger partial charge >= 0.3 is 0 Å². The van der Waals surface area contributed by atoms with E-state index in [4.69, 9.17) is 16.3 Å². The molecule has 1 nitrogen and oxygen atoms in total. The molecule has 0 saturated heterocycles. The van der Waals surface area contributed by atoms with E-state index >= 15 is 0 Å². The average molecular weight is 287 g/mol. The molecule has 3 heteroatoms. The SMILES string of the molecule is Fc1cc(COc2cccc3ccccc23)ccc1Cl. The number of fused-ring (bicyclic) bond motifs is 1. The van der Waals surface area contributed by atoms with Gasteiger partial charge in [-0.25, -0.2) is 4.39 Å². The summed E-state index contributed by atoms with van der Waals surface area (Å²) in [6.07, 6.45) is 0. The third-order valence-corrected chi connectivity index (χ3v) is 3.43. The van der Waals surface area contributed by atoms with Crippen molar-refractivity contribution in [3.63, 3.8) is 0 Å². The number of ether oxygens (including phenoxy) is 1. The van der Waals surface area contributed by atoms with E-state index in [2.05, 4.69) is 0 Å². The van der Waals surface area contributed by atoms with Gasteiger partial charge in [-0.3, -0.25) is 0 Å². The third kappa shape index (κ3) is 2.61. The lowest BCUT2D eigenvalue weighted by atomic mass is 10.1. The van der Waals surface area contributed by atoms with Crippen LogP contribution >= 0.6 is 11.6 Å². The van der Waals surface area contributed by atoms with Gasteiger partial charge in [-0.1, -0.05) is 54.1 Å². The van der Waals surface area contributed by atoms with Crippen molar-refractivity contribution in [3.05, 3.63) is 77.1 Å². The summed E-state index contributed by atoms with van der Waals surface area (Å²) in [5, 5.41) is 2.29. The number of rotatable bonds is 3. The lowest BCUT2D eigenvalue weighted by Crippen LogP contribution is -1.96. The molecule has 0 spiro atoms. The molecular formula is C17H12ClFO. The van der Waals surface area contributed by atoms with Gasteiger partial charge in [0.1, 0.15) is 18.2 Å². The van der Waals surface area contributed by atoms with Crippen LogP contribution in [0.4, 0.5) is 4.39 Å². The summed E-state index contributed by atoms with van der Waals surface area (Å²) in [7, 11) is 0. The van der Waals surface area contributed by atoms with Crippen molar-refractivity contribution < 1.29 is 9.13 Å². The summed E-state index contributed by atoms with van der Waals surface area (Å²) in [5.41, 5.74) is 0.750. The Labute approximate surface area is 121 Å². The molecule has 3 aromatic carbocycles. The van der Waals surface area contributed by atoms with Crippen molar-refractivity contribution in [1.82, 2.24) is 0 Å². The molecule has 0 atom stereocenters. The van der Waals surface area contributed by atoms with Gasteiger partial charge in [-0.2, -0.15) is 0 Å². The maximum absolute atomic E-state index is 13.4. The number of halogens is 2. The number of hydrogen-bond acceptors (Lipinski definition) is 1. The number of benzene rings is 3. The predicted octanol–water partition coefficient (Wildman–Crippen LogP) is 5.21. The fourth-order valence-corrected chi connectivity index (χ4v) is 2.23. The highest BCUT2D eigenvalue weighted by Crippen LogP contribution is 2.26. The Kier molecular flexibility index (Phi) is 3.57.